The van der Waals surface area contributed by atoms with Gasteiger partial charge < -0.3 is 14.2 Å². The largest absolute Gasteiger partial charge is 0.464 e. The predicted molar refractivity (Wildman–Crippen MR) is 211 cm³/mol. The van der Waals surface area contributed by atoms with Gasteiger partial charge >= 0.3 is 23.6 Å². The highest BCUT2D eigenvalue weighted by molar-refractivity contribution is 5.89. The smallest absolute Gasteiger partial charge is 0.405 e. The number of nitrogens with zero attached hydrogens (tertiary/aromatic N) is 8. The number of hydrogen-bond acceptors (Lipinski definition) is 11. The van der Waals surface area contributed by atoms with Crippen molar-refractivity contribution in [3.63, 3.8) is 0 Å². The number of hydrogen-bond donors (Lipinski definition) is 0. The summed E-state index contributed by atoms with van der Waals surface area (Å²) in [5, 5.41) is 16.2. The molecule has 0 aromatic heterocycles. The summed E-state index contributed by atoms with van der Waals surface area (Å²) in [5.74, 6) is -0.990. The van der Waals surface area contributed by atoms with E-state index in [1.165, 1.54) is 0 Å². The lowest BCUT2D eigenvalue weighted by Crippen LogP contribution is -2.13. The maximum Gasteiger partial charge on any atom is 0.405 e. The molecule has 4 heterocycles. The maximum absolute atomic E-state index is 11.4. The van der Waals surface area contributed by atoms with Gasteiger partial charge in [0, 0.05) is 48.7 Å². The molecule has 0 atom stereocenters. The second-order valence-corrected chi connectivity index (χ2v) is 10.5. The second kappa shape index (κ2) is 31.8. The van der Waals surface area contributed by atoms with E-state index in [9.17, 15) is 19.2 Å². The Morgan fingerprint density at radius 2 is 1.13 bits per heavy atom. The average Bonchev–Trinajstić information content (AvgIpc) is 3.94. The molecule has 0 saturated carbocycles. The number of carbonyl (C=O) groups excluding carboxylic acids is 4. The fourth-order valence-electron chi connectivity index (χ4n) is 4.44. The standard InChI is InChI=1S/C10H16N2O2.2C9H14N2O2.C6H8N2O.3C2H6/c1-5-8-7(3)9(11-12(8)4)10(13)14-6-2;1-4-7-6-8(10-11(7)3)9(12)13-5-2;1-4-7-6-8(11(3)10-7)9(12)13-5-2;1-5-3-6(4-9)7-8(5)2;3*1-2/h5-6H2,1-4H3;2*6H,4-5H2,1-3H3;3-4H,1-2H3;3*1-2H3/q4*+1;;;. The molecule has 0 aliphatic carbocycles. The zero-order chi connectivity index (χ0) is 43.3. The predicted octanol–water partition coefficient (Wildman–Crippen LogP) is 8.65. The topological polar surface area (TPSA) is 157 Å². The van der Waals surface area contributed by atoms with Gasteiger partial charge in [0.2, 0.25) is 23.1 Å². The van der Waals surface area contributed by atoms with Crippen molar-refractivity contribution in [2.75, 3.05) is 48.0 Å². The van der Waals surface area contributed by atoms with Crippen molar-refractivity contribution in [2.45, 2.75) is 116 Å². The van der Waals surface area contributed by atoms with Gasteiger partial charge in [-0.3, -0.25) is 4.79 Å². The van der Waals surface area contributed by atoms with Gasteiger partial charge in [0.25, 0.3) is 12.1 Å². The van der Waals surface area contributed by atoms with E-state index in [2.05, 4.69) is 20.5 Å². The van der Waals surface area contributed by atoms with Crippen molar-refractivity contribution in [1.29, 1.82) is 0 Å². The minimum Gasteiger partial charge on any atom is -0.464 e. The molecule has 0 unspecified atom stereocenters. The number of azo groups is 8. The Morgan fingerprint density at radius 3 is 1.49 bits per heavy atom. The van der Waals surface area contributed by atoms with Crippen LogP contribution in [0.5, 0.6) is 0 Å². The van der Waals surface area contributed by atoms with Crippen LogP contribution < -0.4 is 0 Å². The van der Waals surface area contributed by atoms with E-state index < -0.39 is 0 Å². The Morgan fingerprint density at radius 1 is 0.600 bits per heavy atom. The number of rotatable bonds is 10. The molecule has 0 spiro atoms. The summed E-state index contributed by atoms with van der Waals surface area (Å²) in [7, 11) is 7.21. The van der Waals surface area contributed by atoms with Crippen LogP contribution >= 0.6 is 0 Å². The van der Waals surface area contributed by atoms with Crippen LogP contribution in [-0.4, -0.2) is 91.0 Å². The molecular weight excluding hydrogens is 704 g/mol. The molecule has 0 bridgehead atoms. The van der Waals surface area contributed by atoms with Crippen LogP contribution in [-0.2, 0) is 33.4 Å². The van der Waals surface area contributed by atoms with Crippen LogP contribution in [0.2, 0.25) is 0 Å². The van der Waals surface area contributed by atoms with Gasteiger partial charge in [-0.15, -0.1) is 4.70 Å². The van der Waals surface area contributed by atoms with Crippen molar-refractivity contribution in [3.05, 3.63) is 70.8 Å². The first-order valence-corrected chi connectivity index (χ1v) is 19.3. The number of allylic oxidation sites excluding steroid dienone is 2. The van der Waals surface area contributed by atoms with Gasteiger partial charge in [0.1, 0.15) is 0 Å². The minimum absolute atomic E-state index is 0.308. The monoisotopic (exact) mass is 775 g/mol. The number of likely N-dealkylation sites (N-methyl/N-ethyl adjacent to an activating group) is 2. The lowest BCUT2D eigenvalue weighted by Gasteiger charge is -2.01. The molecule has 0 N–H and O–H groups in total. The molecule has 4 radical (unpaired) electrons. The highest BCUT2D eigenvalue weighted by Crippen LogP contribution is 2.29. The van der Waals surface area contributed by atoms with Gasteiger partial charge in [0.15, 0.2) is 40.5 Å². The first-order valence-electron chi connectivity index (χ1n) is 19.3. The Labute approximate surface area is 331 Å². The van der Waals surface area contributed by atoms with Crippen LogP contribution in [0.25, 0.3) is 0 Å². The van der Waals surface area contributed by atoms with E-state index in [-0.39, 0.29) is 17.9 Å². The Bertz CT molecular complexity index is 1450. The van der Waals surface area contributed by atoms with Crippen molar-refractivity contribution < 1.29 is 52.2 Å². The first-order chi connectivity index (χ1) is 26.2. The lowest BCUT2D eigenvalue weighted by atomic mass is 10.1. The van der Waals surface area contributed by atoms with Crippen LogP contribution in [0, 0.1) is 24.2 Å². The van der Waals surface area contributed by atoms with Crippen LogP contribution in [0.3, 0.4) is 0 Å². The zero-order valence-corrected chi connectivity index (χ0v) is 37.0. The molecule has 15 nitrogen and oxygen atoms in total. The highest BCUT2D eigenvalue weighted by Gasteiger charge is 2.37. The molecule has 0 aromatic carbocycles. The molecule has 0 amide bonds. The molecule has 0 aromatic rings. The molecular formula is C40H70N8O7+4. The minimum atomic E-state index is -0.349. The van der Waals surface area contributed by atoms with E-state index in [4.69, 9.17) is 14.2 Å². The molecule has 0 saturated heterocycles. The molecule has 308 valence electrons. The van der Waals surface area contributed by atoms with E-state index in [1.54, 1.807) is 64.8 Å². The van der Waals surface area contributed by atoms with Gasteiger partial charge in [-0.2, -0.15) is 0 Å². The molecule has 4 aliphatic heterocycles. The molecule has 15 heteroatoms. The molecule has 55 heavy (non-hydrogen) atoms. The van der Waals surface area contributed by atoms with Gasteiger partial charge in [-0.05, 0) is 49.5 Å². The fraction of sp³-hybridized carbons (Fsp3) is 0.600. The van der Waals surface area contributed by atoms with Gasteiger partial charge in [-0.1, -0.05) is 76.4 Å². The SMILES string of the molecule is CC.CC.CC.CC1=C[C](C=O)N=[N+]1C.CCOC(=O)C1=C[C](CC)N=[N+]1C.CCOC(=O)C1=C[C](CC)[N+](C)=N1.CCOC(=O)[C]1N=[N+](C)C(CC)=C1C. The summed E-state index contributed by atoms with van der Waals surface area (Å²) >= 11 is 0. The van der Waals surface area contributed by atoms with Crippen LogP contribution in [0.1, 0.15) is 116 Å². The normalized spacial score (nSPS) is 15.9. The summed E-state index contributed by atoms with van der Waals surface area (Å²) in [6.07, 6.45) is 8.57. The maximum atomic E-state index is 11.4. The summed E-state index contributed by atoms with van der Waals surface area (Å²) in [4.78, 5) is 44.1. The zero-order valence-electron chi connectivity index (χ0n) is 37.0. The molecule has 0 fully saturated rings. The van der Waals surface area contributed by atoms with E-state index in [0.29, 0.717) is 43.3 Å². The quantitative estimate of drug-likeness (QED) is 0.0930. The number of esters is 3. The van der Waals surface area contributed by atoms with Crippen LogP contribution in [0.15, 0.2) is 67.0 Å². The third-order valence-electron chi connectivity index (χ3n) is 7.09. The van der Waals surface area contributed by atoms with E-state index >= 15 is 0 Å². The van der Waals surface area contributed by atoms with Crippen molar-refractivity contribution in [3.8, 4) is 0 Å². The summed E-state index contributed by atoms with van der Waals surface area (Å²) in [6, 6.07) is 2.87. The number of aldehydes is 1. The van der Waals surface area contributed by atoms with Crippen molar-refractivity contribution in [1.82, 2.24) is 0 Å². The van der Waals surface area contributed by atoms with Gasteiger partial charge in [0.05, 0.1) is 19.8 Å². The average molecular weight is 775 g/mol. The number of ether oxygens (including phenoxy) is 3. The summed E-state index contributed by atoms with van der Waals surface area (Å²) in [5.41, 5.74) is 3.90. The third-order valence-corrected chi connectivity index (χ3v) is 7.09. The number of carbonyl (C=O) groups is 4. The van der Waals surface area contributed by atoms with Crippen molar-refractivity contribution >= 4 is 24.2 Å². The Hall–Kier alpha value is -4.56. The lowest BCUT2D eigenvalue weighted by molar-refractivity contribution is -0.537. The Balaban J connectivity index is -0.000000631. The molecule has 4 aliphatic rings. The van der Waals surface area contributed by atoms with E-state index in [0.717, 1.165) is 54.6 Å². The summed E-state index contributed by atoms with van der Waals surface area (Å²) in [6.45, 7) is 28.4. The van der Waals surface area contributed by atoms with Crippen molar-refractivity contribution in [2.24, 2.45) is 20.5 Å². The fourth-order valence-corrected chi connectivity index (χ4v) is 4.44. The Kier molecular flexibility index (Phi) is 31.6. The summed E-state index contributed by atoms with van der Waals surface area (Å²) < 4.78 is 21.3. The van der Waals surface area contributed by atoms with E-state index in [1.807, 2.05) is 97.3 Å². The third kappa shape index (κ3) is 19.0. The van der Waals surface area contributed by atoms with Gasteiger partial charge in [-0.25, -0.2) is 14.4 Å². The highest BCUT2D eigenvalue weighted by atomic mass is 16.5. The first kappa shape index (κ1) is 54.8. The molecule has 4 rings (SSSR count). The van der Waals surface area contributed by atoms with Crippen LogP contribution in [0.4, 0.5) is 0 Å². The second-order valence-electron chi connectivity index (χ2n) is 10.5.